The summed E-state index contributed by atoms with van der Waals surface area (Å²) in [5, 5.41) is 0. The molecule has 0 bridgehead atoms. The first-order valence-corrected chi connectivity index (χ1v) is 6.15. The Morgan fingerprint density at radius 2 is 2.00 bits per heavy atom. The van der Waals surface area contributed by atoms with Crippen LogP contribution in [0.25, 0.3) is 0 Å². The molecule has 1 atom stereocenters. The van der Waals surface area contributed by atoms with Crippen molar-refractivity contribution in [3.63, 3.8) is 0 Å². The van der Waals surface area contributed by atoms with E-state index in [1.54, 1.807) is 37.3 Å². The highest BCUT2D eigenvalue weighted by atomic mass is 35.5. The molecule has 0 aliphatic carbocycles. The maximum absolute atomic E-state index is 12.2. The first kappa shape index (κ1) is 14.5. The van der Waals surface area contributed by atoms with E-state index in [4.69, 9.17) is 16.3 Å². The molecule has 0 N–H and O–H groups in total. The number of ketones is 1. The lowest BCUT2D eigenvalue weighted by Gasteiger charge is -2.12. The van der Waals surface area contributed by atoms with E-state index in [0.29, 0.717) is 5.56 Å². The second-order valence-corrected chi connectivity index (χ2v) is 3.88. The molecular formula is C14H15ClO3. The van der Waals surface area contributed by atoms with Gasteiger partial charge in [-0.2, -0.15) is 0 Å². The number of Topliss-reactive ketones (excluding diaryl/α,β-unsaturated/α-hetero) is 1. The number of hydrogen-bond donors (Lipinski definition) is 0. The lowest BCUT2D eigenvalue weighted by atomic mass is 9.95. The number of allylic oxidation sites excluding steroid dienone is 1. The van der Waals surface area contributed by atoms with E-state index in [1.165, 1.54) is 5.54 Å². The average molecular weight is 267 g/mol. The zero-order chi connectivity index (χ0) is 13.4. The summed E-state index contributed by atoms with van der Waals surface area (Å²) >= 11 is 5.43. The summed E-state index contributed by atoms with van der Waals surface area (Å²) in [7, 11) is 0. The molecule has 96 valence electrons. The van der Waals surface area contributed by atoms with Crippen LogP contribution >= 0.6 is 11.6 Å². The summed E-state index contributed by atoms with van der Waals surface area (Å²) < 4.78 is 4.91. The number of halogens is 1. The molecule has 1 unspecified atom stereocenters. The first-order chi connectivity index (χ1) is 8.70. The normalized spacial score (nSPS) is 12.3. The maximum Gasteiger partial charge on any atom is 0.317 e. The van der Waals surface area contributed by atoms with Gasteiger partial charge in [-0.1, -0.05) is 48.0 Å². The molecule has 0 heterocycles. The van der Waals surface area contributed by atoms with Crippen LogP contribution in [0.5, 0.6) is 0 Å². The maximum atomic E-state index is 12.2. The summed E-state index contributed by atoms with van der Waals surface area (Å²) in [6.07, 6.45) is 1.82. The Labute approximate surface area is 111 Å². The van der Waals surface area contributed by atoms with Gasteiger partial charge in [-0.15, -0.1) is 0 Å². The zero-order valence-electron chi connectivity index (χ0n) is 10.1. The van der Waals surface area contributed by atoms with Crippen LogP contribution in [0, 0.1) is 5.92 Å². The molecule has 1 aromatic carbocycles. The minimum Gasteiger partial charge on any atom is -0.465 e. The van der Waals surface area contributed by atoms with Crippen molar-refractivity contribution >= 4 is 23.4 Å². The number of carbonyl (C=O) groups is 2. The van der Waals surface area contributed by atoms with Gasteiger partial charge in [0.25, 0.3) is 0 Å². The first-order valence-electron chi connectivity index (χ1n) is 5.71. The van der Waals surface area contributed by atoms with Crippen molar-refractivity contribution in [1.29, 1.82) is 0 Å². The van der Waals surface area contributed by atoms with Crippen LogP contribution in [0.4, 0.5) is 0 Å². The van der Waals surface area contributed by atoms with Crippen molar-refractivity contribution in [2.75, 3.05) is 6.61 Å². The van der Waals surface area contributed by atoms with Crippen LogP contribution in [0.2, 0.25) is 0 Å². The number of hydrogen-bond acceptors (Lipinski definition) is 3. The molecule has 0 spiro atoms. The highest BCUT2D eigenvalue weighted by molar-refractivity contribution is 6.25. The molecule has 0 fully saturated rings. The number of carbonyl (C=O) groups excluding carboxylic acids is 2. The smallest absolute Gasteiger partial charge is 0.317 e. The third-order valence-electron chi connectivity index (χ3n) is 2.41. The Kier molecular flexibility index (Phi) is 6.15. The Morgan fingerprint density at radius 1 is 1.33 bits per heavy atom. The van der Waals surface area contributed by atoms with Crippen LogP contribution < -0.4 is 0 Å². The van der Waals surface area contributed by atoms with Crippen LogP contribution in [-0.4, -0.2) is 18.4 Å². The van der Waals surface area contributed by atoms with Crippen molar-refractivity contribution in [2.45, 2.75) is 13.3 Å². The summed E-state index contributed by atoms with van der Waals surface area (Å²) in [6, 6.07) is 8.69. The summed E-state index contributed by atoms with van der Waals surface area (Å²) in [4.78, 5) is 23.9. The molecule has 0 amide bonds. The third-order valence-corrected chi connectivity index (χ3v) is 2.58. The standard InChI is InChI=1S/C14H15ClO3/c1-2-18-14(17)12(9-6-10-15)13(16)11-7-4-3-5-8-11/h3-8,10,12H,2,9H2,1H3. The van der Waals surface area contributed by atoms with Gasteiger partial charge >= 0.3 is 5.97 Å². The second-order valence-electron chi connectivity index (χ2n) is 3.63. The van der Waals surface area contributed by atoms with Crippen LogP contribution in [0.15, 0.2) is 41.9 Å². The predicted octanol–water partition coefficient (Wildman–Crippen LogP) is 3.19. The molecular weight excluding hydrogens is 252 g/mol. The van der Waals surface area contributed by atoms with Gasteiger partial charge in [0.1, 0.15) is 5.92 Å². The lowest BCUT2D eigenvalue weighted by molar-refractivity contribution is -0.146. The Morgan fingerprint density at radius 3 is 2.56 bits per heavy atom. The van der Waals surface area contributed by atoms with Gasteiger partial charge in [0.15, 0.2) is 5.78 Å². The van der Waals surface area contributed by atoms with Gasteiger partial charge in [0, 0.05) is 11.1 Å². The molecule has 0 saturated carbocycles. The largest absolute Gasteiger partial charge is 0.465 e. The van der Waals surface area contributed by atoms with Gasteiger partial charge in [-0.3, -0.25) is 9.59 Å². The monoisotopic (exact) mass is 266 g/mol. The molecule has 0 saturated heterocycles. The summed E-state index contributed by atoms with van der Waals surface area (Å²) in [5.74, 6) is -1.59. The van der Waals surface area contributed by atoms with Crippen LogP contribution in [0.3, 0.4) is 0 Å². The fraction of sp³-hybridized carbons (Fsp3) is 0.286. The van der Waals surface area contributed by atoms with Gasteiger partial charge in [-0.05, 0) is 13.3 Å². The number of benzene rings is 1. The second kappa shape index (κ2) is 7.67. The fourth-order valence-electron chi connectivity index (χ4n) is 1.54. The highest BCUT2D eigenvalue weighted by Crippen LogP contribution is 2.15. The summed E-state index contributed by atoms with van der Waals surface area (Å²) in [5.41, 5.74) is 1.79. The molecule has 0 aromatic heterocycles. The molecule has 3 nitrogen and oxygen atoms in total. The SMILES string of the molecule is CCOC(=O)C(CC=CCl)C(=O)c1ccccc1. The Hall–Kier alpha value is -1.61. The number of ether oxygens (including phenoxy) is 1. The van der Waals surface area contributed by atoms with Gasteiger partial charge < -0.3 is 4.74 Å². The molecule has 1 aromatic rings. The molecule has 1 rings (SSSR count). The molecule has 0 radical (unpaired) electrons. The molecule has 0 aliphatic heterocycles. The molecule has 0 aliphatic rings. The minimum atomic E-state index is -0.831. The minimum absolute atomic E-state index is 0.246. The van der Waals surface area contributed by atoms with Crippen molar-refractivity contribution in [3.05, 3.63) is 47.5 Å². The van der Waals surface area contributed by atoms with Crippen molar-refractivity contribution < 1.29 is 14.3 Å². The Balaban J connectivity index is 2.89. The fourth-order valence-corrected chi connectivity index (χ4v) is 1.65. The van der Waals surface area contributed by atoms with E-state index >= 15 is 0 Å². The van der Waals surface area contributed by atoms with Gasteiger partial charge in [-0.25, -0.2) is 0 Å². The Bertz CT molecular complexity index is 426. The summed E-state index contributed by atoms with van der Waals surface area (Å²) in [6.45, 7) is 1.96. The van der Waals surface area contributed by atoms with E-state index in [2.05, 4.69) is 0 Å². The molecule has 4 heteroatoms. The molecule has 18 heavy (non-hydrogen) atoms. The predicted molar refractivity (Wildman–Crippen MR) is 70.5 cm³/mol. The third kappa shape index (κ3) is 4.00. The van der Waals surface area contributed by atoms with Gasteiger partial charge in [0.2, 0.25) is 0 Å². The van der Waals surface area contributed by atoms with E-state index in [-0.39, 0.29) is 18.8 Å². The van der Waals surface area contributed by atoms with Crippen LogP contribution in [-0.2, 0) is 9.53 Å². The topological polar surface area (TPSA) is 43.4 Å². The van der Waals surface area contributed by atoms with Crippen molar-refractivity contribution in [3.8, 4) is 0 Å². The lowest BCUT2D eigenvalue weighted by Crippen LogP contribution is -2.26. The number of rotatable bonds is 6. The quantitative estimate of drug-likeness (QED) is 0.451. The van der Waals surface area contributed by atoms with Crippen molar-refractivity contribution in [2.24, 2.45) is 5.92 Å². The van der Waals surface area contributed by atoms with E-state index in [0.717, 1.165) is 0 Å². The van der Waals surface area contributed by atoms with Gasteiger partial charge in [0.05, 0.1) is 6.61 Å². The van der Waals surface area contributed by atoms with Crippen LogP contribution in [0.1, 0.15) is 23.7 Å². The van der Waals surface area contributed by atoms with E-state index in [1.807, 2.05) is 6.07 Å². The zero-order valence-corrected chi connectivity index (χ0v) is 10.9. The average Bonchev–Trinajstić information content (AvgIpc) is 2.40. The van der Waals surface area contributed by atoms with E-state index in [9.17, 15) is 9.59 Å². The van der Waals surface area contributed by atoms with E-state index < -0.39 is 11.9 Å². The van der Waals surface area contributed by atoms with Crippen molar-refractivity contribution in [1.82, 2.24) is 0 Å². The number of esters is 1. The highest BCUT2D eigenvalue weighted by Gasteiger charge is 2.27.